The summed E-state index contributed by atoms with van der Waals surface area (Å²) in [5.74, 6) is 0. The molecule has 0 fully saturated rings. The molecule has 69 heavy (non-hydrogen) atoms. The monoisotopic (exact) mass is 881 g/mol. The van der Waals surface area contributed by atoms with Gasteiger partial charge in [0.15, 0.2) is 0 Å². The van der Waals surface area contributed by atoms with Gasteiger partial charge in [0, 0.05) is 39.5 Å². The Bertz CT molecular complexity index is 3520. The average molecular weight is 882 g/mol. The Morgan fingerprint density at radius 1 is 0.377 bits per heavy atom. The molecule has 1 aliphatic heterocycles. The minimum absolute atomic E-state index is 0.443. The molecule has 0 aromatic heterocycles. The molecule has 0 bridgehead atoms. The van der Waals surface area contributed by atoms with Crippen LogP contribution in [-0.2, 0) is 5.41 Å². The first kappa shape index (κ1) is 41.4. The van der Waals surface area contributed by atoms with E-state index in [1.807, 2.05) is 42.5 Å². The maximum atomic E-state index is 9.96. The Hall–Kier alpha value is -9.05. The van der Waals surface area contributed by atoms with Gasteiger partial charge in [-0.3, -0.25) is 5.41 Å². The number of rotatable bonds is 10. The molecule has 1 heterocycles. The molecule has 0 unspecified atom stereocenters. The van der Waals surface area contributed by atoms with Gasteiger partial charge in [0.2, 0.25) is 0 Å². The highest BCUT2D eigenvalue weighted by Gasteiger charge is 2.46. The van der Waals surface area contributed by atoms with Crippen LogP contribution >= 0.6 is 0 Å². The molecule has 0 amide bonds. The fraction of sp³-hybridized carbons (Fsp3) is 0.0152. The molecule has 0 atom stereocenters. The van der Waals surface area contributed by atoms with E-state index in [1.54, 1.807) is 0 Å². The van der Waals surface area contributed by atoms with Gasteiger partial charge in [-0.1, -0.05) is 231 Å². The van der Waals surface area contributed by atoms with Crippen LogP contribution in [0, 0.1) is 5.41 Å². The van der Waals surface area contributed by atoms with E-state index in [4.69, 9.17) is 0 Å². The largest absolute Gasteiger partial charge is 0.354 e. The van der Waals surface area contributed by atoms with E-state index in [9.17, 15) is 5.41 Å². The van der Waals surface area contributed by atoms with Crippen LogP contribution in [-0.4, -0.2) is 5.71 Å². The Morgan fingerprint density at radius 3 is 1.55 bits per heavy atom. The van der Waals surface area contributed by atoms with Crippen molar-refractivity contribution in [2.45, 2.75) is 5.41 Å². The van der Waals surface area contributed by atoms with Crippen molar-refractivity contribution in [1.29, 1.82) is 5.41 Å². The number of nitrogens with zero attached hydrogens (tertiary/aromatic N) is 1. The molecule has 0 radical (unpaired) electrons. The van der Waals surface area contributed by atoms with Gasteiger partial charge < -0.3 is 10.2 Å². The van der Waals surface area contributed by atoms with Gasteiger partial charge in [0.1, 0.15) is 0 Å². The van der Waals surface area contributed by atoms with Crippen molar-refractivity contribution < 1.29 is 0 Å². The van der Waals surface area contributed by atoms with Gasteiger partial charge in [0.25, 0.3) is 0 Å². The van der Waals surface area contributed by atoms with Crippen LogP contribution in [0.3, 0.4) is 0 Å². The predicted molar refractivity (Wildman–Crippen MR) is 288 cm³/mol. The van der Waals surface area contributed by atoms with E-state index in [0.29, 0.717) is 5.71 Å². The van der Waals surface area contributed by atoms with Crippen LogP contribution in [0.5, 0.6) is 0 Å². The summed E-state index contributed by atoms with van der Waals surface area (Å²) in [6.07, 6.45) is 2.24. The van der Waals surface area contributed by atoms with Crippen molar-refractivity contribution in [3.05, 3.63) is 317 Å². The minimum Gasteiger partial charge on any atom is -0.354 e. The fourth-order valence-corrected chi connectivity index (χ4v) is 10.6. The van der Waals surface area contributed by atoms with Gasteiger partial charge in [-0.2, -0.15) is 0 Å². The molecule has 0 spiro atoms. The van der Waals surface area contributed by atoms with Crippen molar-refractivity contribution in [2.24, 2.45) is 0 Å². The first-order chi connectivity index (χ1) is 34.1. The third-order valence-corrected chi connectivity index (χ3v) is 13.7. The quantitative estimate of drug-likeness (QED) is 0.134. The first-order valence-corrected chi connectivity index (χ1v) is 23.6. The van der Waals surface area contributed by atoms with Crippen LogP contribution < -0.4 is 10.2 Å². The smallest absolute Gasteiger partial charge is 0.0714 e. The van der Waals surface area contributed by atoms with Gasteiger partial charge in [-0.25, -0.2) is 0 Å². The summed E-state index contributed by atoms with van der Waals surface area (Å²) in [5.41, 5.74) is 20.3. The summed E-state index contributed by atoms with van der Waals surface area (Å²) in [7, 11) is 0. The van der Waals surface area contributed by atoms with Crippen LogP contribution in [0.2, 0.25) is 0 Å². The summed E-state index contributed by atoms with van der Waals surface area (Å²) in [6, 6.07) is 95.3. The topological polar surface area (TPSA) is 39.1 Å². The maximum Gasteiger partial charge on any atom is 0.0714 e. The number of anilines is 3. The van der Waals surface area contributed by atoms with Gasteiger partial charge in [0.05, 0.1) is 16.8 Å². The average Bonchev–Trinajstić information content (AvgIpc) is 3.73. The molecular weight excluding hydrogens is 835 g/mol. The lowest BCUT2D eigenvalue weighted by molar-refractivity contribution is 0.768. The number of hydrogen-bond acceptors (Lipinski definition) is 3. The van der Waals surface area contributed by atoms with Crippen molar-refractivity contribution in [3.8, 4) is 22.3 Å². The highest BCUT2D eigenvalue weighted by molar-refractivity contribution is 6.36. The Morgan fingerprint density at radius 2 is 0.884 bits per heavy atom. The molecule has 0 saturated carbocycles. The van der Waals surface area contributed by atoms with E-state index in [-0.39, 0.29) is 0 Å². The molecule has 3 nitrogen and oxygen atoms in total. The predicted octanol–water partition coefficient (Wildman–Crippen LogP) is 16.2. The standard InChI is InChI=1S/C66H47N3/c67-64(49-28-13-4-14-29-49)63(48-26-11-3-12-27-48)65-59-44-55(39-38-51(59)43-62(68-65)47-24-9-2-10-25-47)69(54-35-21-30-50(42-54)46-22-7-1-8-23-46)56-40-41-58-57-36-19-20-37-60(57)66(61(58)45-56,52-31-15-5-16-32-52)53-33-17-6-18-34-53/h1-45,67-68H/b65-63-,67-64?. The second-order valence-electron chi connectivity index (χ2n) is 17.7. The highest BCUT2D eigenvalue weighted by Crippen LogP contribution is 2.57. The Kier molecular flexibility index (Phi) is 10.6. The molecule has 2 aliphatic rings. The molecule has 3 heteroatoms. The zero-order valence-electron chi connectivity index (χ0n) is 37.9. The van der Waals surface area contributed by atoms with Crippen LogP contribution in [0.1, 0.15) is 50.1 Å². The molecule has 326 valence electrons. The van der Waals surface area contributed by atoms with Crippen LogP contribution in [0.4, 0.5) is 17.1 Å². The van der Waals surface area contributed by atoms with E-state index in [0.717, 1.165) is 73.0 Å². The molecule has 2 N–H and O–H groups in total. The van der Waals surface area contributed by atoms with E-state index < -0.39 is 5.41 Å². The van der Waals surface area contributed by atoms with Gasteiger partial charge in [-0.05, 0) is 104 Å². The first-order valence-electron chi connectivity index (χ1n) is 23.6. The van der Waals surface area contributed by atoms with E-state index in [1.165, 1.54) is 33.4 Å². The lowest BCUT2D eigenvalue weighted by atomic mass is 9.67. The summed E-state index contributed by atoms with van der Waals surface area (Å²) < 4.78 is 0. The normalized spacial score (nSPS) is 13.8. The van der Waals surface area contributed by atoms with Gasteiger partial charge >= 0.3 is 0 Å². The number of fused-ring (bicyclic) bond motifs is 4. The molecule has 12 rings (SSSR count). The molecule has 1 aliphatic carbocycles. The lowest BCUT2D eigenvalue weighted by Crippen LogP contribution is -2.28. The summed E-state index contributed by atoms with van der Waals surface area (Å²) in [4.78, 5) is 2.41. The number of nitrogens with one attached hydrogen (secondary N) is 2. The molecule has 10 aromatic carbocycles. The van der Waals surface area contributed by atoms with Crippen molar-refractivity contribution >= 4 is 45.8 Å². The fourth-order valence-electron chi connectivity index (χ4n) is 10.6. The summed E-state index contributed by atoms with van der Waals surface area (Å²) >= 11 is 0. The third-order valence-electron chi connectivity index (χ3n) is 13.7. The van der Waals surface area contributed by atoms with Crippen molar-refractivity contribution in [2.75, 3.05) is 4.90 Å². The third kappa shape index (κ3) is 7.29. The minimum atomic E-state index is -0.571. The second kappa shape index (κ2) is 17.6. The second-order valence-corrected chi connectivity index (χ2v) is 17.7. The van der Waals surface area contributed by atoms with E-state index in [2.05, 4.69) is 241 Å². The van der Waals surface area contributed by atoms with Crippen molar-refractivity contribution in [1.82, 2.24) is 5.32 Å². The lowest BCUT2D eigenvalue weighted by Gasteiger charge is -2.35. The molecular formula is C66H47N3. The highest BCUT2D eigenvalue weighted by atomic mass is 15.1. The summed E-state index contributed by atoms with van der Waals surface area (Å²) in [5, 5.41) is 13.9. The Balaban J connectivity index is 1.13. The molecule has 10 aromatic rings. The Labute approximate surface area is 404 Å². The van der Waals surface area contributed by atoms with Crippen LogP contribution in [0.25, 0.3) is 45.3 Å². The zero-order chi connectivity index (χ0) is 46.2. The van der Waals surface area contributed by atoms with Crippen LogP contribution in [0.15, 0.2) is 267 Å². The molecule has 0 saturated heterocycles. The number of benzene rings is 10. The van der Waals surface area contributed by atoms with Gasteiger partial charge in [-0.15, -0.1) is 0 Å². The zero-order valence-corrected chi connectivity index (χ0v) is 37.9. The SMILES string of the molecule is N=C(/C(=C1\NC(c2ccccc2)=Cc2ccc(N(c3cccc(-c4ccccc4)c3)c3ccc4c(c3)C(c3ccccc3)(c3ccccc3)c3ccccc3-4)cc21)c1ccccc1)c1ccccc1. The van der Waals surface area contributed by atoms with Crippen molar-refractivity contribution in [3.63, 3.8) is 0 Å². The number of allylic oxidation sites excluding steroid dienone is 1. The number of hydrogen-bond donors (Lipinski definition) is 2. The van der Waals surface area contributed by atoms with E-state index >= 15 is 0 Å². The summed E-state index contributed by atoms with van der Waals surface area (Å²) in [6.45, 7) is 0. The maximum absolute atomic E-state index is 9.96.